The number of aromatic nitrogens is 2. The van der Waals surface area contributed by atoms with Crippen molar-refractivity contribution in [2.75, 3.05) is 5.32 Å². The number of nitrogens with one attached hydrogen (secondary N) is 2. The van der Waals surface area contributed by atoms with E-state index in [-0.39, 0.29) is 61.2 Å². The third-order valence-corrected chi connectivity index (χ3v) is 5.58. The molecule has 1 aromatic carbocycles. The summed E-state index contributed by atoms with van der Waals surface area (Å²) in [5.41, 5.74) is 1.37. The molecule has 2 aliphatic carbocycles. The maximum absolute atomic E-state index is 14.2. The van der Waals surface area contributed by atoms with Crippen molar-refractivity contribution in [2.45, 2.75) is 56.0 Å². The van der Waals surface area contributed by atoms with E-state index in [1.54, 1.807) is 30.1 Å². The molecule has 0 spiro atoms. The number of nitrogens with zero attached hydrogens (tertiary/aromatic N) is 2. The van der Waals surface area contributed by atoms with Crippen LogP contribution in [0.25, 0.3) is 0 Å². The van der Waals surface area contributed by atoms with Crippen molar-refractivity contribution in [2.24, 2.45) is 7.05 Å². The molecular weight excluding hydrogens is 440 g/mol. The number of aryl methyl sites for hydroxylation is 1. The number of amides is 1. The van der Waals surface area contributed by atoms with Crippen molar-refractivity contribution in [1.82, 2.24) is 15.1 Å². The molecule has 30 heavy (non-hydrogen) atoms. The molecule has 0 bridgehead atoms. The molecule has 0 saturated heterocycles. The van der Waals surface area contributed by atoms with Crippen LogP contribution in [0.4, 0.5) is 18.9 Å². The van der Waals surface area contributed by atoms with Crippen LogP contribution in [-0.2, 0) is 7.05 Å². The van der Waals surface area contributed by atoms with Crippen LogP contribution in [0, 0.1) is 5.82 Å². The lowest BCUT2D eigenvalue weighted by molar-refractivity contribution is -0.0405. The van der Waals surface area contributed by atoms with E-state index in [1.165, 1.54) is 12.3 Å². The molecule has 2 aromatic rings. The highest BCUT2D eigenvalue weighted by Gasteiger charge is 2.42. The Balaban J connectivity index is 0.00000160. The molecule has 0 unspecified atom stereocenters. The summed E-state index contributed by atoms with van der Waals surface area (Å²) >= 11 is 0. The standard InChI is InChI=1S/C20H23F3N4O.2ClH/c1-27-11-14(10-24-27)26-19(28)16-8-12(2-3-17(16)21)15-9-18(15)25-13-4-6-20(22,23)7-5-13;;/h2-3,8,10-11,13,15,18,25H,4-7,9H2,1H3,(H,26,28);2*1H/t15-,18+;;/m0../s1. The smallest absolute Gasteiger partial charge is 0.258 e. The van der Waals surface area contributed by atoms with Gasteiger partial charge in [-0.1, -0.05) is 6.07 Å². The summed E-state index contributed by atoms with van der Waals surface area (Å²) in [6.45, 7) is 0. The first-order chi connectivity index (χ1) is 13.3. The van der Waals surface area contributed by atoms with E-state index >= 15 is 0 Å². The van der Waals surface area contributed by atoms with Crippen molar-refractivity contribution in [3.05, 3.63) is 47.5 Å². The molecule has 10 heteroatoms. The van der Waals surface area contributed by atoms with Gasteiger partial charge in [-0.3, -0.25) is 9.48 Å². The lowest BCUT2D eigenvalue weighted by Gasteiger charge is -2.29. The van der Waals surface area contributed by atoms with Crippen LogP contribution in [0.5, 0.6) is 0 Å². The summed E-state index contributed by atoms with van der Waals surface area (Å²) in [6.07, 6.45) is 4.79. The summed E-state index contributed by atoms with van der Waals surface area (Å²) in [5, 5.41) is 10.1. The minimum Gasteiger partial charge on any atom is -0.319 e. The van der Waals surface area contributed by atoms with E-state index in [0.717, 1.165) is 12.0 Å². The van der Waals surface area contributed by atoms with Gasteiger partial charge in [-0.05, 0) is 37.0 Å². The number of benzene rings is 1. The molecule has 1 heterocycles. The number of alkyl halides is 2. The maximum atomic E-state index is 14.2. The van der Waals surface area contributed by atoms with E-state index in [1.807, 2.05) is 0 Å². The SMILES string of the molecule is Cl.Cl.Cn1cc(NC(=O)c2cc([C@@H]3C[C@H]3NC3CCC(F)(F)CC3)ccc2F)cn1. The van der Waals surface area contributed by atoms with Gasteiger partial charge in [0.1, 0.15) is 5.82 Å². The molecule has 2 aliphatic rings. The monoisotopic (exact) mass is 464 g/mol. The zero-order valence-corrected chi connectivity index (χ0v) is 18.0. The summed E-state index contributed by atoms with van der Waals surface area (Å²) in [4.78, 5) is 12.4. The van der Waals surface area contributed by atoms with Gasteiger partial charge < -0.3 is 10.6 Å². The Labute approximate surface area is 185 Å². The van der Waals surface area contributed by atoms with Crippen LogP contribution in [0.2, 0.25) is 0 Å². The quantitative estimate of drug-likeness (QED) is 0.675. The Morgan fingerprint density at radius 2 is 1.93 bits per heavy atom. The van der Waals surface area contributed by atoms with E-state index in [9.17, 15) is 18.0 Å². The zero-order valence-electron chi connectivity index (χ0n) is 16.4. The molecule has 2 N–H and O–H groups in total. The molecule has 4 rings (SSSR count). The number of carbonyl (C=O) groups is 1. The van der Waals surface area contributed by atoms with Crippen molar-refractivity contribution in [3.63, 3.8) is 0 Å². The Bertz CT molecular complexity index is 883. The average Bonchev–Trinajstić information content (AvgIpc) is 3.29. The molecule has 1 aromatic heterocycles. The molecule has 2 saturated carbocycles. The number of carbonyl (C=O) groups excluding carboxylic acids is 1. The molecule has 166 valence electrons. The highest BCUT2D eigenvalue weighted by Crippen LogP contribution is 2.43. The molecule has 2 atom stereocenters. The highest BCUT2D eigenvalue weighted by molar-refractivity contribution is 6.04. The fourth-order valence-corrected chi connectivity index (χ4v) is 3.89. The topological polar surface area (TPSA) is 59.0 Å². The van der Waals surface area contributed by atoms with Gasteiger partial charge in [0.2, 0.25) is 5.92 Å². The first-order valence-electron chi connectivity index (χ1n) is 9.54. The Hall–Kier alpha value is -1.77. The second-order valence-electron chi connectivity index (χ2n) is 7.84. The van der Waals surface area contributed by atoms with E-state index in [4.69, 9.17) is 0 Å². The fraction of sp³-hybridized carbons (Fsp3) is 0.500. The van der Waals surface area contributed by atoms with E-state index in [0.29, 0.717) is 18.5 Å². The Morgan fingerprint density at radius 1 is 1.23 bits per heavy atom. The maximum Gasteiger partial charge on any atom is 0.258 e. The van der Waals surface area contributed by atoms with E-state index in [2.05, 4.69) is 15.7 Å². The van der Waals surface area contributed by atoms with Crippen molar-refractivity contribution in [1.29, 1.82) is 0 Å². The first kappa shape index (κ1) is 24.5. The summed E-state index contributed by atoms with van der Waals surface area (Å²) in [6, 6.07) is 4.88. The normalized spacial score (nSPS) is 22.5. The second-order valence-corrected chi connectivity index (χ2v) is 7.84. The van der Waals surface area contributed by atoms with Gasteiger partial charge in [0, 0.05) is 44.1 Å². The largest absolute Gasteiger partial charge is 0.319 e. The lowest BCUT2D eigenvalue weighted by atomic mass is 9.92. The average molecular weight is 465 g/mol. The van der Waals surface area contributed by atoms with Crippen LogP contribution in [0.1, 0.15) is 53.9 Å². The zero-order chi connectivity index (χ0) is 19.9. The summed E-state index contributed by atoms with van der Waals surface area (Å²) in [7, 11) is 1.73. The van der Waals surface area contributed by atoms with Gasteiger partial charge in [-0.25, -0.2) is 13.2 Å². The van der Waals surface area contributed by atoms with Crippen molar-refractivity contribution >= 4 is 36.4 Å². The van der Waals surface area contributed by atoms with Crippen LogP contribution in [0.15, 0.2) is 30.6 Å². The second kappa shape index (κ2) is 9.58. The molecule has 0 aliphatic heterocycles. The van der Waals surface area contributed by atoms with Crippen LogP contribution in [0.3, 0.4) is 0 Å². The molecule has 1 amide bonds. The Morgan fingerprint density at radius 3 is 2.57 bits per heavy atom. The number of anilines is 1. The highest BCUT2D eigenvalue weighted by atomic mass is 35.5. The van der Waals surface area contributed by atoms with Crippen molar-refractivity contribution in [3.8, 4) is 0 Å². The third kappa shape index (κ3) is 5.68. The predicted octanol–water partition coefficient (Wildman–Crippen LogP) is 4.68. The van der Waals surface area contributed by atoms with Gasteiger partial charge in [0.25, 0.3) is 5.91 Å². The van der Waals surface area contributed by atoms with Gasteiger partial charge in [-0.2, -0.15) is 5.10 Å². The van der Waals surface area contributed by atoms with E-state index < -0.39 is 17.6 Å². The Kier molecular flexibility index (Phi) is 7.82. The summed E-state index contributed by atoms with van der Waals surface area (Å²) < 4.78 is 42.3. The van der Waals surface area contributed by atoms with Gasteiger partial charge in [-0.15, -0.1) is 24.8 Å². The van der Waals surface area contributed by atoms with Crippen LogP contribution >= 0.6 is 24.8 Å². The number of hydrogen-bond donors (Lipinski definition) is 2. The third-order valence-electron chi connectivity index (χ3n) is 5.58. The predicted molar refractivity (Wildman–Crippen MR) is 114 cm³/mol. The number of hydrogen-bond acceptors (Lipinski definition) is 3. The van der Waals surface area contributed by atoms with Gasteiger partial charge in [0.15, 0.2) is 0 Å². The minimum absolute atomic E-state index is 0. The van der Waals surface area contributed by atoms with Gasteiger partial charge in [0.05, 0.1) is 17.4 Å². The molecule has 5 nitrogen and oxygen atoms in total. The fourth-order valence-electron chi connectivity index (χ4n) is 3.89. The molecular formula is C20H25Cl2F3N4O. The first-order valence-corrected chi connectivity index (χ1v) is 9.54. The molecule has 0 radical (unpaired) electrons. The van der Waals surface area contributed by atoms with Crippen LogP contribution in [-0.4, -0.2) is 33.7 Å². The van der Waals surface area contributed by atoms with Gasteiger partial charge >= 0.3 is 0 Å². The lowest BCUT2D eigenvalue weighted by Crippen LogP contribution is -2.38. The van der Waals surface area contributed by atoms with Crippen LogP contribution < -0.4 is 10.6 Å². The minimum atomic E-state index is -2.53. The number of halogens is 5. The van der Waals surface area contributed by atoms with Crippen molar-refractivity contribution < 1.29 is 18.0 Å². The number of rotatable bonds is 5. The summed E-state index contributed by atoms with van der Waals surface area (Å²) in [5.74, 6) is -3.46. The molecule has 2 fully saturated rings.